The molecule has 7 heteroatoms. The molecule has 0 radical (unpaired) electrons. The second kappa shape index (κ2) is 6.74. The van der Waals surface area contributed by atoms with E-state index in [0.29, 0.717) is 24.7 Å². The number of piperazine rings is 1. The molecule has 0 saturated carbocycles. The van der Waals surface area contributed by atoms with Gasteiger partial charge in [-0.05, 0) is 18.1 Å². The Hall–Kier alpha value is -1.15. The number of sulfonamides is 1. The zero-order valence-electron chi connectivity index (χ0n) is 12.6. The standard InChI is InChI=1S/C14H24N4O2S/c1-12(2)11-17-7-9-18(10-8-17)21(19,20)14-6-4-3-5-13(14)16-15/h3-6,12,16H,7-11,15H2,1-2H3. The first kappa shape index (κ1) is 16.2. The van der Waals surface area contributed by atoms with Crippen LogP contribution in [0.3, 0.4) is 0 Å². The highest BCUT2D eigenvalue weighted by molar-refractivity contribution is 7.89. The molecule has 6 nitrogen and oxygen atoms in total. The maximum Gasteiger partial charge on any atom is 0.245 e. The predicted molar refractivity (Wildman–Crippen MR) is 84.3 cm³/mol. The number of hydrazine groups is 1. The van der Waals surface area contributed by atoms with Crippen molar-refractivity contribution in [2.75, 3.05) is 38.1 Å². The maximum absolute atomic E-state index is 12.7. The molecular formula is C14H24N4O2S. The first-order valence-corrected chi connectivity index (χ1v) is 8.67. The lowest BCUT2D eigenvalue weighted by Crippen LogP contribution is -2.49. The van der Waals surface area contributed by atoms with Crippen molar-refractivity contribution >= 4 is 15.7 Å². The van der Waals surface area contributed by atoms with Crippen LogP contribution in [0.5, 0.6) is 0 Å². The third-order valence-electron chi connectivity index (χ3n) is 3.61. The molecule has 1 saturated heterocycles. The van der Waals surface area contributed by atoms with Gasteiger partial charge >= 0.3 is 0 Å². The van der Waals surface area contributed by atoms with Gasteiger partial charge in [0, 0.05) is 32.7 Å². The molecule has 3 N–H and O–H groups in total. The monoisotopic (exact) mass is 312 g/mol. The van der Waals surface area contributed by atoms with Crippen LogP contribution in [0.1, 0.15) is 13.8 Å². The predicted octanol–water partition coefficient (Wildman–Crippen LogP) is 0.935. The lowest BCUT2D eigenvalue weighted by molar-refractivity contribution is 0.172. The first-order chi connectivity index (χ1) is 9.95. The number of hydrogen-bond acceptors (Lipinski definition) is 5. The van der Waals surface area contributed by atoms with Gasteiger partial charge in [-0.15, -0.1) is 0 Å². The summed E-state index contributed by atoms with van der Waals surface area (Å²) in [6.07, 6.45) is 0. The van der Waals surface area contributed by atoms with E-state index in [2.05, 4.69) is 24.2 Å². The van der Waals surface area contributed by atoms with Crippen LogP contribution < -0.4 is 11.3 Å². The Morgan fingerprint density at radius 1 is 1.19 bits per heavy atom. The van der Waals surface area contributed by atoms with E-state index in [1.807, 2.05) is 0 Å². The fourth-order valence-corrected chi connectivity index (χ4v) is 4.20. The van der Waals surface area contributed by atoms with Gasteiger partial charge in [-0.3, -0.25) is 5.84 Å². The SMILES string of the molecule is CC(C)CN1CCN(S(=O)(=O)c2ccccc2NN)CC1. The normalized spacial score (nSPS) is 18.1. The van der Waals surface area contributed by atoms with Crippen LogP contribution in [0.15, 0.2) is 29.2 Å². The van der Waals surface area contributed by atoms with Crippen molar-refractivity contribution in [3.63, 3.8) is 0 Å². The number of para-hydroxylation sites is 1. The minimum Gasteiger partial charge on any atom is -0.323 e. The molecule has 1 aliphatic heterocycles. The molecule has 0 spiro atoms. The van der Waals surface area contributed by atoms with E-state index in [4.69, 9.17) is 5.84 Å². The third-order valence-corrected chi connectivity index (χ3v) is 5.57. The topological polar surface area (TPSA) is 78.7 Å². The first-order valence-electron chi connectivity index (χ1n) is 7.23. The Bertz CT molecular complexity index is 566. The van der Waals surface area contributed by atoms with E-state index in [1.165, 1.54) is 0 Å². The van der Waals surface area contributed by atoms with Gasteiger partial charge < -0.3 is 10.3 Å². The van der Waals surface area contributed by atoms with Crippen molar-refractivity contribution in [2.45, 2.75) is 18.7 Å². The molecule has 2 rings (SSSR count). The molecule has 0 unspecified atom stereocenters. The minimum atomic E-state index is -3.49. The van der Waals surface area contributed by atoms with Crippen molar-refractivity contribution < 1.29 is 8.42 Å². The highest BCUT2D eigenvalue weighted by atomic mass is 32.2. The van der Waals surface area contributed by atoms with Crippen LogP contribution >= 0.6 is 0 Å². The molecule has 0 amide bonds. The Kier molecular flexibility index (Phi) is 5.21. The summed E-state index contributed by atoms with van der Waals surface area (Å²) in [6.45, 7) is 7.95. The molecule has 0 atom stereocenters. The zero-order valence-corrected chi connectivity index (χ0v) is 13.4. The van der Waals surface area contributed by atoms with Gasteiger partial charge in [0.1, 0.15) is 4.90 Å². The smallest absolute Gasteiger partial charge is 0.245 e. The fraction of sp³-hybridized carbons (Fsp3) is 0.571. The van der Waals surface area contributed by atoms with Crippen molar-refractivity contribution in [3.8, 4) is 0 Å². The number of nitrogens with two attached hydrogens (primary N) is 1. The van der Waals surface area contributed by atoms with Crippen molar-refractivity contribution in [1.82, 2.24) is 9.21 Å². The average Bonchev–Trinajstić information content (AvgIpc) is 2.47. The van der Waals surface area contributed by atoms with Crippen molar-refractivity contribution in [2.24, 2.45) is 11.8 Å². The Morgan fingerprint density at radius 3 is 2.38 bits per heavy atom. The fourth-order valence-electron chi connectivity index (χ4n) is 2.62. The number of nitrogen functional groups attached to an aromatic ring is 1. The molecule has 1 aromatic rings. The van der Waals surface area contributed by atoms with E-state index in [1.54, 1.807) is 28.6 Å². The maximum atomic E-state index is 12.7. The number of hydrogen-bond donors (Lipinski definition) is 2. The van der Waals surface area contributed by atoms with Gasteiger partial charge in [0.25, 0.3) is 0 Å². The summed E-state index contributed by atoms with van der Waals surface area (Å²) in [5, 5.41) is 0. The molecule has 1 aromatic carbocycles. The highest BCUT2D eigenvalue weighted by Crippen LogP contribution is 2.24. The lowest BCUT2D eigenvalue weighted by Gasteiger charge is -2.35. The van der Waals surface area contributed by atoms with E-state index in [-0.39, 0.29) is 4.90 Å². The van der Waals surface area contributed by atoms with Crippen LogP contribution in [0.25, 0.3) is 0 Å². The summed E-state index contributed by atoms with van der Waals surface area (Å²) in [5.74, 6) is 6.01. The molecular weight excluding hydrogens is 288 g/mol. The number of anilines is 1. The van der Waals surface area contributed by atoms with Crippen molar-refractivity contribution in [1.29, 1.82) is 0 Å². The summed E-state index contributed by atoms with van der Waals surface area (Å²) < 4.78 is 27.0. The Labute approximate surface area is 126 Å². The van der Waals surface area contributed by atoms with Crippen LogP contribution in [0, 0.1) is 5.92 Å². The number of benzene rings is 1. The number of rotatable bonds is 5. The number of nitrogens with one attached hydrogen (secondary N) is 1. The molecule has 1 heterocycles. The largest absolute Gasteiger partial charge is 0.323 e. The van der Waals surface area contributed by atoms with Gasteiger partial charge in [0.15, 0.2) is 0 Å². The number of nitrogens with zero attached hydrogens (tertiary/aromatic N) is 2. The Balaban J connectivity index is 2.11. The molecule has 0 aromatic heterocycles. The molecule has 1 fully saturated rings. The summed E-state index contributed by atoms with van der Waals surface area (Å²) in [7, 11) is -3.49. The molecule has 0 aliphatic carbocycles. The second-order valence-electron chi connectivity index (χ2n) is 5.74. The molecule has 21 heavy (non-hydrogen) atoms. The highest BCUT2D eigenvalue weighted by Gasteiger charge is 2.30. The molecule has 118 valence electrons. The van der Waals surface area contributed by atoms with Gasteiger partial charge in [0.2, 0.25) is 10.0 Å². The van der Waals surface area contributed by atoms with Crippen LogP contribution in [-0.2, 0) is 10.0 Å². The second-order valence-corrected chi connectivity index (χ2v) is 7.65. The lowest BCUT2D eigenvalue weighted by atomic mass is 10.2. The zero-order chi connectivity index (χ0) is 15.5. The van der Waals surface area contributed by atoms with Gasteiger partial charge in [0.05, 0.1) is 5.69 Å². The Morgan fingerprint density at radius 2 is 1.81 bits per heavy atom. The van der Waals surface area contributed by atoms with Gasteiger partial charge in [-0.2, -0.15) is 4.31 Å². The van der Waals surface area contributed by atoms with Crippen LogP contribution in [0.2, 0.25) is 0 Å². The molecule has 1 aliphatic rings. The van der Waals surface area contributed by atoms with E-state index < -0.39 is 10.0 Å². The summed E-state index contributed by atoms with van der Waals surface area (Å²) in [5.41, 5.74) is 2.89. The van der Waals surface area contributed by atoms with Crippen LogP contribution in [-0.4, -0.2) is 50.3 Å². The van der Waals surface area contributed by atoms with E-state index in [9.17, 15) is 8.42 Å². The summed E-state index contributed by atoms with van der Waals surface area (Å²) in [4.78, 5) is 2.55. The third kappa shape index (κ3) is 3.74. The van der Waals surface area contributed by atoms with E-state index >= 15 is 0 Å². The molecule has 0 bridgehead atoms. The van der Waals surface area contributed by atoms with Crippen LogP contribution in [0.4, 0.5) is 5.69 Å². The van der Waals surface area contributed by atoms with Gasteiger partial charge in [-0.25, -0.2) is 8.42 Å². The van der Waals surface area contributed by atoms with Crippen molar-refractivity contribution in [3.05, 3.63) is 24.3 Å². The minimum absolute atomic E-state index is 0.241. The summed E-state index contributed by atoms with van der Waals surface area (Å²) in [6, 6.07) is 6.73. The quantitative estimate of drug-likeness (QED) is 0.625. The average molecular weight is 312 g/mol. The van der Waals surface area contributed by atoms with Gasteiger partial charge in [-0.1, -0.05) is 26.0 Å². The summed E-state index contributed by atoms with van der Waals surface area (Å²) >= 11 is 0. The van der Waals surface area contributed by atoms with E-state index in [0.717, 1.165) is 19.6 Å².